The van der Waals surface area contributed by atoms with Gasteiger partial charge >= 0.3 is 0 Å². The van der Waals surface area contributed by atoms with E-state index in [1.54, 1.807) is 24.4 Å². The van der Waals surface area contributed by atoms with Crippen LogP contribution in [0.25, 0.3) is 28.2 Å². The fraction of sp³-hybridized carbons (Fsp3) is 0.385. The average Bonchev–Trinajstić information content (AvgIpc) is 3.16. The maximum absolute atomic E-state index is 15.0. The molecule has 5 rings (SSSR count). The van der Waals surface area contributed by atoms with Gasteiger partial charge in [0.05, 0.1) is 5.69 Å². The number of hydrogen-bond acceptors (Lipinski definition) is 7. The number of imidazole rings is 1. The van der Waals surface area contributed by atoms with E-state index in [2.05, 4.69) is 25.5 Å². The standard InChI is InChI=1S/C26H29FN6O2/c1-15-13-33-14-16(6-8-21(33)29-15)17-10-19(34)23(28-12-17)18-7-9-22(31-30-18)35-20-11-25(2,3)32-26(4,5)24(20)27/h6-10,12-14,20,24,32,34H,11H2,1-5H3/t20-,24-/m1/s1. The molecule has 1 aliphatic rings. The predicted molar refractivity (Wildman–Crippen MR) is 131 cm³/mol. The van der Waals surface area contributed by atoms with Crippen molar-refractivity contribution in [2.75, 3.05) is 0 Å². The summed E-state index contributed by atoms with van der Waals surface area (Å²) in [6.45, 7) is 9.65. The second-order valence-electron chi connectivity index (χ2n) is 10.4. The Morgan fingerprint density at radius 1 is 1.09 bits per heavy atom. The molecule has 0 bridgehead atoms. The van der Waals surface area contributed by atoms with Crippen LogP contribution in [0.1, 0.15) is 39.8 Å². The molecule has 2 N–H and O–H groups in total. The maximum Gasteiger partial charge on any atom is 0.233 e. The van der Waals surface area contributed by atoms with E-state index in [0.29, 0.717) is 17.8 Å². The Morgan fingerprint density at radius 2 is 1.89 bits per heavy atom. The normalized spacial score (nSPS) is 21.2. The second kappa shape index (κ2) is 8.27. The van der Waals surface area contributed by atoms with Gasteiger partial charge in [0.15, 0.2) is 6.17 Å². The van der Waals surface area contributed by atoms with Gasteiger partial charge in [-0.1, -0.05) is 0 Å². The van der Waals surface area contributed by atoms with Crippen LogP contribution >= 0.6 is 0 Å². The zero-order valence-electron chi connectivity index (χ0n) is 20.5. The molecule has 4 aromatic rings. The van der Waals surface area contributed by atoms with Crippen molar-refractivity contribution in [1.82, 2.24) is 29.9 Å². The highest BCUT2D eigenvalue weighted by Gasteiger charge is 2.47. The number of piperidine rings is 1. The van der Waals surface area contributed by atoms with Crippen molar-refractivity contribution in [2.24, 2.45) is 0 Å². The third-order valence-corrected chi connectivity index (χ3v) is 6.32. The van der Waals surface area contributed by atoms with E-state index in [0.717, 1.165) is 22.5 Å². The highest BCUT2D eigenvalue weighted by molar-refractivity contribution is 5.71. The molecule has 9 heteroatoms. The van der Waals surface area contributed by atoms with Gasteiger partial charge in [-0.3, -0.25) is 0 Å². The van der Waals surface area contributed by atoms with Gasteiger partial charge < -0.3 is 19.6 Å². The van der Waals surface area contributed by atoms with Crippen LogP contribution in [0.4, 0.5) is 4.39 Å². The predicted octanol–water partition coefficient (Wildman–Crippen LogP) is 4.50. The first-order chi connectivity index (χ1) is 16.5. The molecule has 0 unspecified atom stereocenters. The molecule has 0 aliphatic carbocycles. The number of aryl methyl sites for hydroxylation is 1. The Morgan fingerprint density at radius 3 is 2.60 bits per heavy atom. The smallest absolute Gasteiger partial charge is 0.233 e. The molecule has 0 amide bonds. The van der Waals surface area contributed by atoms with Crippen molar-refractivity contribution in [2.45, 2.75) is 64.4 Å². The first kappa shape index (κ1) is 23.2. The first-order valence-electron chi connectivity index (χ1n) is 11.6. The second-order valence-corrected chi connectivity index (χ2v) is 10.4. The van der Waals surface area contributed by atoms with Crippen molar-refractivity contribution in [3.05, 3.63) is 54.6 Å². The summed E-state index contributed by atoms with van der Waals surface area (Å²) >= 11 is 0. The maximum atomic E-state index is 15.0. The van der Waals surface area contributed by atoms with Gasteiger partial charge in [0.2, 0.25) is 5.88 Å². The Hall–Kier alpha value is -3.59. The summed E-state index contributed by atoms with van der Waals surface area (Å²) in [5.74, 6) is 0.216. The van der Waals surface area contributed by atoms with Crippen LogP contribution in [-0.4, -0.2) is 53.0 Å². The molecule has 0 spiro atoms. The molecule has 1 fully saturated rings. The summed E-state index contributed by atoms with van der Waals surface area (Å²) in [5.41, 5.74) is 3.14. The topological polar surface area (TPSA) is 97.5 Å². The number of halogens is 1. The Kier molecular flexibility index (Phi) is 5.47. The number of aromatic hydroxyl groups is 1. The van der Waals surface area contributed by atoms with Crippen LogP contribution in [0.3, 0.4) is 0 Å². The molecule has 8 nitrogen and oxygen atoms in total. The lowest BCUT2D eigenvalue weighted by atomic mass is 9.79. The van der Waals surface area contributed by atoms with Gasteiger partial charge in [0, 0.05) is 53.3 Å². The fourth-order valence-corrected chi connectivity index (χ4v) is 4.93. The monoisotopic (exact) mass is 476 g/mol. The minimum absolute atomic E-state index is 0.0157. The highest BCUT2D eigenvalue weighted by Crippen LogP contribution is 2.34. The van der Waals surface area contributed by atoms with E-state index < -0.39 is 17.8 Å². The van der Waals surface area contributed by atoms with E-state index in [9.17, 15) is 5.11 Å². The molecule has 1 aliphatic heterocycles. The van der Waals surface area contributed by atoms with Crippen molar-refractivity contribution in [3.63, 3.8) is 0 Å². The van der Waals surface area contributed by atoms with Gasteiger partial charge in [0.1, 0.15) is 28.9 Å². The van der Waals surface area contributed by atoms with E-state index in [1.165, 1.54) is 0 Å². The lowest BCUT2D eigenvalue weighted by molar-refractivity contribution is -0.0281. The summed E-state index contributed by atoms with van der Waals surface area (Å²) < 4.78 is 22.9. The molecule has 182 valence electrons. The number of nitrogens with one attached hydrogen (secondary N) is 1. The van der Waals surface area contributed by atoms with Crippen LogP contribution < -0.4 is 10.1 Å². The van der Waals surface area contributed by atoms with Crippen LogP contribution in [-0.2, 0) is 0 Å². The van der Waals surface area contributed by atoms with Crippen LogP contribution in [0.15, 0.2) is 48.9 Å². The molecular weight excluding hydrogens is 447 g/mol. The summed E-state index contributed by atoms with van der Waals surface area (Å²) in [5, 5.41) is 22.3. The number of pyridine rings is 2. The summed E-state index contributed by atoms with van der Waals surface area (Å²) in [4.78, 5) is 8.85. The van der Waals surface area contributed by atoms with Gasteiger partial charge in [-0.15, -0.1) is 10.2 Å². The summed E-state index contributed by atoms with van der Waals surface area (Å²) in [6.07, 6.45) is 4.20. The Balaban J connectivity index is 1.35. The molecule has 2 atom stereocenters. The number of nitrogens with zero attached hydrogens (tertiary/aromatic N) is 5. The molecule has 5 heterocycles. The molecule has 0 radical (unpaired) electrons. The van der Waals surface area contributed by atoms with Gasteiger partial charge in [0.25, 0.3) is 0 Å². The number of fused-ring (bicyclic) bond motifs is 1. The van der Waals surface area contributed by atoms with Gasteiger partial charge in [-0.25, -0.2) is 14.4 Å². The van der Waals surface area contributed by atoms with Crippen molar-refractivity contribution in [3.8, 4) is 34.1 Å². The fourth-order valence-electron chi connectivity index (χ4n) is 4.93. The van der Waals surface area contributed by atoms with Crippen molar-refractivity contribution < 1.29 is 14.2 Å². The van der Waals surface area contributed by atoms with Crippen molar-refractivity contribution in [1.29, 1.82) is 0 Å². The number of ether oxygens (including phenoxy) is 1. The van der Waals surface area contributed by atoms with E-state index in [4.69, 9.17) is 4.74 Å². The molecule has 0 saturated carbocycles. The third kappa shape index (κ3) is 4.55. The summed E-state index contributed by atoms with van der Waals surface area (Å²) in [7, 11) is 0. The SMILES string of the molecule is Cc1cn2cc(-c3cnc(-c4ccc(O[C@@H]5CC(C)(C)NC(C)(C)[C@@H]5F)nn4)c(O)c3)ccc2n1. The zero-order valence-corrected chi connectivity index (χ0v) is 20.5. The largest absolute Gasteiger partial charge is 0.506 e. The number of rotatable bonds is 4. The third-order valence-electron chi connectivity index (χ3n) is 6.32. The lowest BCUT2D eigenvalue weighted by Gasteiger charge is -2.48. The number of hydrogen-bond donors (Lipinski definition) is 2. The van der Waals surface area contributed by atoms with Crippen LogP contribution in [0, 0.1) is 6.92 Å². The molecule has 0 aromatic carbocycles. The zero-order chi connectivity index (χ0) is 25.0. The minimum Gasteiger partial charge on any atom is -0.506 e. The van der Waals surface area contributed by atoms with Crippen molar-refractivity contribution >= 4 is 5.65 Å². The molecule has 4 aromatic heterocycles. The minimum atomic E-state index is -1.21. The lowest BCUT2D eigenvalue weighted by Crippen LogP contribution is -2.66. The van der Waals surface area contributed by atoms with E-state index in [1.807, 2.05) is 63.5 Å². The van der Waals surface area contributed by atoms with E-state index >= 15 is 4.39 Å². The van der Waals surface area contributed by atoms with Crippen LogP contribution in [0.5, 0.6) is 11.6 Å². The first-order valence-corrected chi connectivity index (χ1v) is 11.6. The number of alkyl halides is 1. The van der Waals surface area contributed by atoms with Gasteiger partial charge in [-0.2, -0.15) is 0 Å². The van der Waals surface area contributed by atoms with Gasteiger partial charge in [-0.05, 0) is 58.9 Å². The van der Waals surface area contributed by atoms with Crippen LogP contribution in [0.2, 0.25) is 0 Å². The Bertz CT molecular complexity index is 1380. The quantitative estimate of drug-likeness (QED) is 0.447. The highest BCUT2D eigenvalue weighted by atomic mass is 19.1. The molecule has 1 saturated heterocycles. The summed E-state index contributed by atoms with van der Waals surface area (Å²) in [6, 6.07) is 8.79. The molecular formula is C26H29FN6O2. The Labute approximate surface area is 203 Å². The average molecular weight is 477 g/mol. The number of aromatic nitrogens is 5. The van der Waals surface area contributed by atoms with E-state index in [-0.39, 0.29) is 17.2 Å². The molecule has 35 heavy (non-hydrogen) atoms.